The predicted molar refractivity (Wildman–Crippen MR) is 81.8 cm³/mol. The third-order valence-electron chi connectivity index (χ3n) is 3.81. The molecule has 5 heteroatoms. The molecule has 2 rings (SSSR count). The highest BCUT2D eigenvalue weighted by molar-refractivity contribution is 5.85. The summed E-state index contributed by atoms with van der Waals surface area (Å²) in [5.41, 5.74) is 2.25. The van der Waals surface area contributed by atoms with Gasteiger partial charge in [0.05, 0.1) is 6.61 Å². The lowest BCUT2D eigenvalue weighted by Gasteiger charge is -2.31. The van der Waals surface area contributed by atoms with Crippen LogP contribution in [-0.2, 0) is 22.7 Å². The van der Waals surface area contributed by atoms with Gasteiger partial charge in [0.2, 0.25) is 5.91 Å². The SMILES string of the molecule is COCc1ccccc1CNC(=O)C(C)C1CNC1.Cl. The first-order valence-electron chi connectivity index (χ1n) is 6.76. The molecule has 112 valence electrons. The third kappa shape index (κ3) is 4.20. The number of hydrogen-bond donors (Lipinski definition) is 2. The van der Waals surface area contributed by atoms with Gasteiger partial charge in [0.25, 0.3) is 0 Å². The fourth-order valence-corrected chi connectivity index (χ4v) is 2.25. The second-order valence-corrected chi connectivity index (χ2v) is 5.13. The molecule has 1 aromatic rings. The highest BCUT2D eigenvalue weighted by atomic mass is 35.5. The Morgan fingerprint density at radius 2 is 2.05 bits per heavy atom. The second-order valence-electron chi connectivity index (χ2n) is 5.13. The lowest BCUT2D eigenvalue weighted by molar-refractivity contribution is -0.126. The zero-order chi connectivity index (χ0) is 13.7. The molecule has 0 saturated carbocycles. The quantitative estimate of drug-likeness (QED) is 0.841. The van der Waals surface area contributed by atoms with Gasteiger partial charge in [-0.2, -0.15) is 0 Å². The monoisotopic (exact) mass is 298 g/mol. The van der Waals surface area contributed by atoms with Gasteiger partial charge in [-0.05, 0) is 30.1 Å². The Kier molecular flexibility index (Phi) is 6.99. The van der Waals surface area contributed by atoms with E-state index in [0.29, 0.717) is 19.1 Å². The van der Waals surface area contributed by atoms with Crippen molar-refractivity contribution in [3.05, 3.63) is 35.4 Å². The fourth-order valence-electron chi connectivity index (χ4n) is 2.25. The van der Waals surface area contributed by atoms with Gasteiger partial charge in [0.15, 0.2) is 0 Å². The largest absolute Gasteiger partial charge is 0.380 e. The number of nitrogens with one attached hydrogen (secondary N) is 2. The molecule has 1 heterocycles. The molecule has 0 radical (unpaired) electrons. The van der Waals surface area contributed by atoms with Gasteiger partial charge in [-0.1, -0.05) is 31.2 Å². The highest BCUT2D eigenvalue weighted by Crippen LogP contribution is 2.16. The molecule has 2 N–H and O–H groups in total. The van der Waals surface area contributed by atoms with Gasteiger partial charge in [-0.25, -0.2) is 0 Å². The zero-order valence-electron chi connectivity index (χ0n) is 12.0. The molecular formula is C15H23ClN2O2. The van der Waals surface area contributed by atoms with Crippen molar-refractivity contribution in [1.29, 1.82) is 0 Å². The highest BCUT2D eigenvalue weighted by Gasteiger charge is 2.28. The van der Waals surface area contributed by atoms with Crippen molar-refractivity contribution < 1.29 is 9.53 Å². The lowest BCUT2D eigenvalue weighted by atomic mass is 9.88. The first-order valence-corrected chi connectivity index (χ1v) is 6.76. The van der Waals surface area contributed by atoms with Crippen molar-refractivity contribution in [3.8, 4) is 0 Å². The van der Waals surface area contributed by atoms with Gasteiger partial charge in [0, 0.05) is 19.6 Å². The summed E-state index contributed by atoms with van der Waals surface area (Å²) in [6.07, 6.45) is 0. The molecule has 0 bridgehead atoms. The molecule has 0 aromatic heterocycles. The minimum atomic E-state index is 0. The minimum absolute atomic E-state index is 0. The summed E-state index contributed by atoms with van der Waals surface area (Å²) in [5, 5.41) is 6.22. The van der Waals surface area contributed by atoms with Crippen molar-refractivity contribution in [2.45, 2.75) is 20.1 Å². The molecule has 1 aromatic carbocycles. The molecule has 1 fully saturated rings. The molecule has 1 aliphatic heterocycles. The van der Waals surface area contributed by atoms with Crippen LogP contribution in [0.2, 0.25) is 0 Å². The van der Waals surface area contributed by atoms with E-state index in [4.69, 9.17) is 4.74 Å². The Balaban J connectivity index is 0.00000200. The van der Waals surface area contributed by atoms with Crippen LogP contribution in [0.5, 0.6) is 0 Å². The van der Waals surface area contributed by atoms with Crippen LogP contribution in [0, 0.1) is 11.8 Å². The molecule has 20 heavy (non-hydrogen) atoms. The summed E-state index contributed by atoms with van der Waals surface area (Å²) in [7, 11) is 1.68. The van der Waals surface area contributed by atoms with Gasteiger partial charge in [-0.15, -0.1) is 12.4 Å². The van der Waals surface area contributed by atoms with Crippen LogP contribution in [0.25, 0.3) is 0 Å². The lowest BCUT2D eigenvalue weighted by Crippen LogP contribution is -2.49. The maximum absolute atomic E-state index is 12.0. The maximum Gasteiger partial charge on any atom is 0.223 e. The summed E-state index contributed by atoms with van der Waals surface area (Å²) in [6, 6.07) is 8.04. The van der Waals surface area contributed by atoms with Crippen LogP contribution in [0.1, 0.15) is 18.1 Å². The number of carbonyl (C=O) groups excluding carboxylic acids is 1. The molecule has 4 nitrogen and oxygen atoms in total. The van der Waals surface area contributed by atoms with Crippen molar-refractivity contribution in [2.75, 3.05) is 20.2 Å². The van der Waals surface area contributed by atoms with Crippen molar-refractivity contribution in [1.82, 2.24) is 10.6 Å². The Morgan fingerprint density at radius 1 is 1.40 bits per heavy atom. The van der Waals surface area contributed by atoms with E-state index >= 15 is 0 Å². The van der Waals surface area contributed by atoms with Crippen molar-refractivity contribution in [2.24, 2.45) is 11.8 Å². The number of methoxy groups -OCH3 is 1. The van der Waals surface area contributed by atoms with Crippen LogP contribution >= 0.6 is 12.4 Å². The molecule has 0 aliphatic carbocycles. The van der Waals surface area contributed by atoms with Crippen LogP contribution in [0.15, 0.2) is 24.3 Å². The minimum Gasteiger partial charge on any atom is -0.380 e. The summed E-state index contributed by atoms with van der Waals surface area (Å²) in [6.45, 7) is 5.06. The van der Waals surface area contributed by atoms with E-state index in [1.165, 1.54) is 0 Å². The predicted octanol–water partition coefficient (Wildman–Crippen LogP) is 1.73. The van der Waals surface area contributed by atoms with E-state index in [1.54, 1.807) is 7.11 Å². The van der Waals surface area contributed by atoms with E-state index in [9.17, 15) is 4.79 Å². The van der Waals surface area contributed by atoms with Crippen LogP contribution < -0.4 is 10.6 Å². The number of carbonyl (C=O) groups is 1. The number of rotatable bonds is 6. The normalized spacial score (nSPS) is 15.9. The van der Waals surface area contributed by atoms with E-state index < -0.39 is 0 Å². The average molecular weight is 299 g/mol. The topological polar surface area (TPSA) is 50.4 Å². The van der Waals surface area contributed by atoms with Crippen LogP contribution in [0.3, 0.4) is 0 Å². The molecule has 1 amide bonds. The summed E-state index contributed by atoms with van der Waals surface area (Å²) >= 11 is 0. The smallest absolute Gasteiger partial charge is 0.223 e. The third-order valence-corrected chi connectivity index (χ3v) is 3.81. The van der Waals surface area contributed by atoms with Gasteiger partial charge in [-0.3, -0.25) is 4.79 Å². The maximum atomic E-state index is 12.0. The van der Waals surface area contributed by atoms with Crippen LogP contribution in [0.4, 0.5) is 0 Å². The van der Waals surface area contributed by atoms with Crippen molar-refractivity contribution >= 4 is 18.3 Å². The first kappa shape index (κ1) is 17.0. The molecule has 1 unspecified atom stereocenters. The summed E-state index contributed by atoms with van der Waals surface area (Å²) in [4.78, 5) is 12.0. The van der Waals surface area contributed by atoms with Gasteiger partial charge in [0.1, 0.15) is 0 Å². The number of hydrogen-bond acceptors (Lipinski definition) is 3. The van der Waals surface area contributed by atoms with E-state index in [0.717, 1.165) is 24.2 Å². The van der Waals surface area contributed by atoms with E-state index in [1.807, 2.05) is 31.2 Å². The van der Waals surface area contributed by atoms with Crippen molar-refractivity contribution in [3.63, 3.8) is 0 Å². The molecular weight excluding hydrogens is 276 g/mol. The Labute approximate surface area is 126 Å². The first-order chi connectivity index (χ1) is 9.22. The molecule has 1 saturated heterocycles. The van der Waals surface area contributed by atoms with Crippen LogP contribution in [-0.4, -0.2) is 26.1 Å². The molecule has 0 spiro atoms. The Hall–Kier alpha value is -1.10. The summed E-state index contributed by atoms with van der Waals surface area (Å²) in [5.74, 6) is 0.698. The average Bonchev–Trinajstić information content (AvgIpc) is 2.35. The Morgan fingerprint density at radius 3 is 2.60 bits per heavy atom. The molecule has 1 aliphatic rings. The zero-order valence-corrected chi connectivity index (χ0v) is 12.8. The number of benzene rings is 1. The van der Waals surface area contributed by atoms with E-state index in [2.05, 4.69) is 10.6 Å². The fraction of sp³-hybridized carbons (Fsp3) is 0.533. The van der Waals surface area contributed by atoms with Gasteiger partial charge >= 0.3 is 0 Å². The van der Waals surface area contributed by atoms with E-state index in [-0.39, 0.29) is 24.2 Å². The Bertz CT molecular complexity index is 436. The standard InChI is InChI=1S/C15H22N2O2.ClH/c1-11(14-7-16-8-14)15(18)17-9-12-5-3-4-6-13(12)10-19-2;/h3-6,11,14,16H,7-10H2,1-2H3,(H,17,18);1H. The number of amides is 1. The molecule has 1 atom stereocenters. The van der Waals surface area contributed by atoms with Gasteiger partial charge < -0.3 is 15.4 Å². The number of halogens is 1. The second kappa shape index (κ2) is 8.25. The number of ether oxygens (including phenoxy) is 1. The summed E-state index contributed by atoms with van der Waals surface area (Å²) < 4.78 is 5.17.